The van der Waals surface area contributed by atoms with Crippen molar-refractivity contribution in [3.63, 3.8) is 0 Å². The summed E-state index contributed by atoms with van der Waals surface area (Å²) in [5.41, 5.74) is 1.47. The van der Waals surface area contributed by atoms with E-state index in [-0.39, 0.29) is 26.3 Å². The van der Waals surface area contributed by atoms with Crippen molar-refractivity contribution < 1.29 is 28.2 Å². The highest BCUT2D eigenvalue weighted by Crippen LogP contribution is 2.28. The van der Waals surface area contributed by atoms with E-state index in [1.165, 1.54) is 4.90 Å². The molecule has 0 amide bonds. The van der Waals surface area contributed by atoms with Crippen LogP contribution >= 0.6 is 23.2 Å². The molecule has 1 unspecified atom stereocenters. The smallest absolute Gasteiger partial charge is 0.375 e. The van der Waals surface area contributed by atoms with Gasteiger partial charge in [-0.3, -0.25) is 4.90 Å². The van der Waals surface area contributed by atoms with Crippen molar-refractivity contribution >= 4 is 29.2 Å². The first-order valence-electron chi connectivity index (χ1n) is 8.87. The number of benzene rings is 2. The van der Waals surface area contributed by atoms with Gasteiger partial charge in [0.25, 0.3) is 0 Å². The molecule has 5 nitrogen and oxygen atoms in total. The van der Waals surface area contributed by atoms with E-state index in [0.717, 1.165) is 5.56 Å². The summed E-state index contributed by atoms with van der Waals surface area (Å²) in [6.45, 7) is 0.0267. The Kier molecular flexibility index (Phi) is 6.95. The third-order valence-electron chi connectivity index (χ3n) is 4.58. The fraction of sp³-hybridized carbons (Fsp3) is 0.350. The van der Waals surface area contributed by atoms with E-state index in [1.54, 1.807) is 42.5 Å². The van der Waals surface area contributed by atoms with Gasteiger partial charge >= 0.3 is 11.9 Å². The van der Waals surface area contributed by atoms with Crippen LogP contribution in [0.5, 0.6) is 5.75 Å². The van der Waals surface area contributed by atoms with Crippen molar-refractivity contribution in [3.8, 4) is 5.75 Å². The van der Waals surface area contributed by atoms with Gasteiger partial charge in [-0.15, -0.1) is 0 Å². The lowest BCUT2D eigenvalue weighted by atomic mass is 10.1. The molecule has 0 radical (unpaired) electrons. The minimum Gasteiger partial charge on any atom is -0.489 e. The molecule has 3 rings (SSSR count). The van der Waals surface area contributed by atoms with Crippen LogP contribution < -0.4 is 4.74 Å². The van der Waals surface area contributed by atoms with Crippen molar-refractivity contribution in [1.29, 1.82) is 0 Å². The number of ether oxygens (including phenoxy) is 2. The van der Waals surface area contributed by atoms with Crippen molar-refractivity contribution in [2.24, 2.45) is 0 Å². The summed E-state index contributed by atoms with van der Waals surface area (Å²) in [5, 5.41) is 9.65. The van der Waals surface area contributed by atoms with Crippen LogP contribution in [0.15, 0.2) is 42.5 Å². The maximum atomic E-state index is 13.5. The second-order valence-electron chi connectivity index (χ2n) is 6.66. The Morgan fingerprint density at radius 1 is 1.21 bits per heavy atom. The number of carboxylic acids is 1. The van der Waals surface area contributed by atoms with Gasteiger partial charge in [0.1, 0.15) is 12.4 Å². The second kappa shape index (κ2) is 9.26. The van der Waals surface area contributed by atoms with Crippen molar-refractivity contribution in [3.05, 3.63) is 63.6 Å². The van der Waals surface area contributed by atoms with Gasteiger partial charge in [0.2, 0.25) is 0 Å². The SMILES string of the molecule is O=C(O)C(F)(F)CN1CCOC(c2ccc(OCc3c(Cl)cccc3Cl)cc2)C1. The summed E-state index contributed by atoms with van der Waals surface area (Å²) in [4.78, 5) is 12.0. The number of hydrogen-bond donors (Lipinski definition) is 1. The van der Waals surface area contributed by atoms with Crippen molar-refractivity contribution in [1.82, 2.24) is 4.90 Å². The lowest BCUT2D eigenvalue weighted by Gasteiger charge is -2.34. The molecule has 0 aromatic heterocycles. The molecule has 0 saturated carbocycles. The predicted octanol–water partition coefficient (Wildman–Crippen LogP) is 4.67. The van der Waals surface area contributed by atoms with E-state index in [9.17, 15) is 13.6 Å². The third-order valence-corrected chi connectivity index (χ3v) is 5.29. The number of morpholine rings is 1. The Hall–Kier alpha value is -1.93. The molecular formula is C20H19Cl2F2NO4. The molecule has 0 aliphatic carbocycles. The van der Waals surface area contributed by atoms with Gasteiger partial charge in [-0.2, -0.15) is 8.78 Å². The highest BCUT2D eigenvalue weighted by Gasteiger charge is 2.41. The zero-order valence-corrected chi connectivity index (χ0v) is 16.8. The van der Waals surface area contributed by atoms with Crippen LogP contribution in [0.3, 0.4) is 0 Å². The minimum atomic E-state index is -3.79. The van der Waals surface area contributed by atoms with E-state index in [0.29, 0.717) is 21.4 Å². The van der Waals surface area contributed by atoms with Crippen LogP contribution in [-0.4, -0.2) is 48.1 Å². The second-order valence-corrected chi connectivity index (χ2v) is 7.48. The largest absolute Gasteiger partial charge is 0.489 e. The molecule has 1 heterocycles. The average molecular weight is 446 g/mol. The summed E-state index contributed by atoms with van der Waals surface area (Å²) in [5.74, 6) is -5.32. The van der Waals surface area contributed by atoms with Crippen LogP contribution in [0.25, 0.3) is 0 Å². The van der Waals surface area contributed by atoms with E-state index in [2.05, 4.69) is 0 Å². The van der Waals surface area contributed by atoms with Crippen molar-refractivity contribution in [2.75, 3.05) is 26.2 Å². The molecule has 2 aromatic rings. The molecule has 1 fully saturated rings. The molecule has 1 N–H and O–H groups in total. The molecule has 9 heteroatoms. The number of carbonyl (C=O) groups is 1. The number of carboxylic acid groups (broad SMARTS) is 1. The minimum absolute atomic E-state index is 0.179. The normalized spacial score (nSPS) is 17.9. The molecule has 29 heavy (non-hydrogen) atoms. The topological polar surface area (TPSA) is 59.0 Å². The highest BCUT2D eigenvalue weighted by atomic mass is 35.5. The third kappa shape index (κ3) is 5.57. The van der Waals surface area contributed by atoms with Gasteiger partial charge in [-0.1, -0.05) is 41.4 Å². The Labute approximate surface area is 176 Å². The van der Waals surface area contributed by atoms with Gasteiger partial charge in [0, 0.05) is 28.7 Å². The Morgan fingerprint density at radius 3 is 2.48 bits per heavy atom. The number of rotatable bonds is 7. The van der Waals surface area contributed by atoms with Crippen LogP contribution in [0.4, 0.5) is 8.78 Å². The lowest BCUT2D eigenvalue weighted by molar-refractivity contribution is -0.170. The van der Waals surface area contributed by atoms with E-state index >= 15 is 0 Å². The fourth-order valence-corrected chi connectivity index (χ4v) is 3.51. The highest BCUT2D eigenvalue weighted by molar-refractivity contribution is 6.35. The zero-order valence-electron chi connectivity index (χ0n) is 15.3. The van der Waals surface area contributed by atoms with Crippen molar-refractivity contribution in [2.45, 2.75) is 18.6 Å². The maximum Gasteiger partial charge on any atom is 0.375 e. The van der Waals surface area contributed by atoms with E-state index in [4.69, 9.17) is 37.8 Å². The van der Waals surface area contributed by atoms with Crippen LogP contribution in [0.1, 0.15) is 17.2 Å². The number of halogens is 4. The summed E-state index contributed by atoms with van der Waals surface area (Å²) < 4.78 is 38.3. The first kappa shape index (κ1) is 21.8. The zero-order chi connectivity index (χ0) is 21.0. The molecule has 1 atom stereocenters. The predicted molar refractivity (Wildman–Crippen MR) is 105 cm³/mol. The number of nitrogens with zero attached hydrogens (tertiary/aromatic N) is 1. The number of alkyl halides is 2. The van der Waals surface area contributed by atoms with E-state index in [1.807, 2.05) is 0 Å². The van der Waals surface area contributed by atoms with Crippen LogP contribution in [0, 0.1) is 0 Å². The standard InChI is InChI=1S/C20H19Cl2F2NO4/c21-16-2-1-3-17(22)15(16)11-29-14-6-4-13(5-7-14)18-10-25(8-9-28-18)12-20(23,24)19(26)27/h1-7,18H,8-12H2,(H,26,27). The monoisotopic (exact) mass is 445 g/mol. The lowest BCUT2D eigenvalue weighted by Crippen LogP contribution is -2.47. The molecular weight excluding hydrogens is 427 g/mol. The first-order chi connectivity index (χ1) is 13.8. The quantitative estimate of drug-likeness (QED) is 0.670. The first-order valence-corrected chi connectivity index (χ1v) is 9.62. The molecule has 1 aliphatic heterocycles. The van der Waals surface area contributed by atoms with Gasteiger partial charge in [-0.25, -0.2) is 4.79 Å². The maximum absolute atomic E-state index is 13.5. The van der Waals surface area contributed by atoms with Gasteiger partial charge in [0.15, 0.2) is 0 Å². The molecule has 0 spiro atoms. The summed E-state index contributed by atoms with van der Waals surface area (Å²) in [6, 6.07) is 12.3. The van der Waals surface area contributed by atoms with Gasteiger partial charge in [0.05, 0.1) is 19.3 Å². The molecule has 2 aromatic carbocycles. The molecule has 0 bridgehead atoms. The molecule has 1 aliphatic rings. The molecule has 156 valence electrons. The fourth-order valence-electron chi connectivity index (χ4n) is 3.00. The summed E-state index contributed by atoms with van der Waals surface area (Å²) >= 11 is 12.3. The number of hydrogen-bond acceptors (Lipinski definition) is 4. The van der Waals surface area contributed by atoms with Gasteiger partial charge < -0.3 is 14.6 Å². The summed E-state index contributed by atoms with van der Waals surface area (Å²) in [7, 11) is 0. The number of aliphatic carboxylic acids is 1. The average Bonchev–Trinajstić information content (AvgIpc) is 2.68. The molecule has 1 saturated heterocycles. The Morgan fingerprint density at radius 2 is 1.86 bits per heavy atom. The van der Waals surface area contributed by atoms with Crippen LogP contribution in [0.2, 0.25) is 10.0 Å². The Balaban J connectivity index is 1.60. The Bertz CT molecular complexity index is 844. The van der Waals surface area contributed by atoms with E-state index < -0.39 is 24.5 Å². The van der Waals surface area contributed by atoms with Crippen LogP contribution in [-0.2, 0) is 16.1 Å². The van der Waals surface area contributed by atoms with Gasteiger partial charge in [-0.05, 0) is 29.8 Å². The summed E-state index contributed by atoms with van der Waals surface area (Å²) in [6.07, 6.45) is -0.430.